The van der Waals surface area contributed by atoms with Crippen molar-refractivity contribution < 1.29 is 0 Å². The predicted octanol–water partition coefficient (Wildman–Crippen LogP) is -1.61. The molecule has 0 fully saturated rings. The van der Waals surface area contributed by atoms with Gasteiger partial charge in [0.05, 0.1) is 4.68 Å². The molecule has 0 bridgehead atoms. The second kappa shape index (κ2) is 2.46. The molecule has 14 heavy (non-hydrogen) atoms. The third-order valence-corrected chi connectivity index (χ3v) is 1.66. The second-order valence-corrected chi connectivity index (χ2v) is 2.48. The van der Waals surface area contributed by atoms with Crippen LogP contribution in [-0.2, 0) is 0 Å². The Morgan fingerprint density at radius 1 is 1.14 bits per heavy atom. The van der Waals surface area contributed by atoms with E-state index in [2.05, 4.69) is 19.9 Å². The summed E-state index contributed by atoms with van der Waals surface area (Å²) in [5.74, 6) is 0. The highest BCUT2D eigenvalue weighted by Crippen LogP contribution is 1.91. The van der Waals surface area contributed by atoms with Gasteiger partial charge in [-0.15, -0.1) is 4.95 Å². The first kappa shape index (κ1) is 8.06. The predicted molar refractivity (Wildman–Crippen MR) is 45.8 cm³/mol. The Morgan fingerprint density at radius 3 is 2.50 bits per heavy atom. The van der Waals surface area contributed by atoms with Crippen LogP contribution < -0.4 is 16.9 Å². The number of imidazole rings is 1. The Balaban J connectivity index is 3.17. The van der Waals surface area contributed by atoms with Crippen LogP contribution in [0.2, 0.25) is 0 Å². The van der Waals surface area contributed by atoms with E-state index in [1.54, 1.807) is 0 Å². The van der Waals surface area contributed by atoms with Crippen molar-refractivity contribution >= 4 is 11.2 Å². The third-order valence-electron chi connectivity index (χ3n) is 1.66. The van der Waals surface area contributed by atoms with Crippen LogP contribution in [0.1, 0.15) is 0 Å². The quantitative estimate of drug-likeness (QED) is 0.438. The Morgan fingerprint density at radius 2 is 1.86 bits per heavy atom. The zero-order chi connectivity index (χ0) is 10.3. The summed E-state index contributed by atoms with van der Waals surface area (Å²) in [6, 6.07) is 0. The van der Waals surface area contributed by atoms with E-state index in [-0.39, 0.29) is 11.2 Å². The summed E-state index contributed by atoms with van der Waals surface area (Å²) < 4.78 is 0.298. The fraction of sp³-hybridized carbons (Fsp3) is 0. The highest BCUT2D eigenvalue weighted by molar-refractivity contribution is 5.67. The van der Waals surface area contributed by atoms with Gasteiger partial charge in [-0.2, -0.15) is 6.57 Å². The molecule has 0 aliphatic rings. The molecule has 2 aromatic heterocycles. The summed E-state index contributed by atoms with van der Waals surface area (Å²) in [5.41, 5.74) is -2.48. The SMILES string of the molecule is [C-]#[N+]n1c(=O)[nH]c2[nH]c(=O)[nH]c2c1=O. The first-order valence-corrected chi connectivity index (χ1v) is 3.48. The van der Waals surface area contributed by atoms with E-state index in [1.165, 1.54) is 0 Å². The third kappa shape index (κ3) is 0.893. The lowest BCUT2D eigenvalue weighted by molar-refractivity contribution is 0.891. The van der Waals surface area contributed by atoms with Gasteiger partial charge in [0.25, 0.3) is 0 Å². The molecule has 8 heteroatoms. The lowest BCUT2D eigenvalue weighted by Crippen LogP contribution is -2.30. The van der Waals surface area contributed by atoms with Crippen molar-refractivity contribution in [2.24, 2.45) is 0 Å². The van der Waals surface area contributed by atoms with E-state index in [0.29, 0.717) is 4.68 Å². The van der Waals surface area contributed by atoms with Gasteiger partial charge in [0, 0.05) is 0 Å². The summed E-state index contributed by atoms with van der Waals surface area (Å²) >= 11 is 0. The maximum atomic E-state index is 11.3. The topological polar surface area (TPSA) is 108 Å². The molecule has 0 unspecified atom stereocenters. The number of aromatic nitrogens is 4. The summed E-state index contributed by atoms with van der Waals surface area (Å²) in [6.07, 6.45) is 0. The van der Waals surface area contributed by atoms with Crippen molar-refractivity contribution in [3.63, 3.8) is 0 Å². The number of rotatable bonds is 0. The standard InChI is InChI=1S/C6H3N5O3/c1-7-11-4(12)2-3(10-6(11)14)9-5(13)8-2/h(H,10,14)(H2,8,9,13). The lowest BCUT2D eigenvalue weighted by Gasteiger charge is -1.87. The number of H-pyrrole nitrogens is 3. The molecule has 0 aliphatic heterocycles. The molecule has 70 valence electrons. The van der Waals surface area contributed by atoms with E-state index >= 15 is 0 Å². The number of nitrogens with zero attached hydrogens (tertiary/aromatic N) is 2. The summed E-state index contributed by atoms with van der Waals surface area (Å²) in [7, 11) is 0. The fourth-order valence-corrected chi connectivity index (χ4v) is 1.09. The highest BCUT2D eigenvalue weighted by atomic mass is 16.2. The van der Waals surface area contributed by atoms with Crippen LogP contribution in [0.5, 0.6) is 0 Å². The van der Waals surface area contributed by atoms with Crippen molar-refractivity contribution in [2.75, 3.05) is 0 Å². The monoisotopic (exact) mass is 193 g/mol. The number of aromatic amines is 3. The summed E-state index contributed by atoms with van der Waals surface area (Å²) in [4.78, 5) is 42.4. The second-order valence-electron chi connectivity index (χ2n) is 2.48. The molecule has 0 atom stereocenters. The first-order valence-electron chi connectivity index (χ1n) is 3.48. The maximum absolute atomic E-state index is 11.3. The number of nitrogens with one attached hydrogen (secondary N) is 3. The molecule has 8 nitrogen and oxygen atoms in total. The number of hydrogen-bond donors (Lipinski definition) is 3. The van der Waals surface area contributed by atoms with Crippen LogP contribution in [0.4, 0.5) is 0 Å². The molecule has 2 heterocycles. The van der Waals surface area contributed by atoms with E-state index in [4.69, 9.17) is 6.57 Å². The Kier molecular flexibility index (Phi) is 1.42. The Hall–Kier alpha value is -2.56. The molecule has 3 N–H and O–H groups in total. The molecule has 0 saturated carbocycles. The molecular formula is C6H3N5O3. The van der Waals surface area contributed by atoms with E-state index < -0.39 is 16.9 Å². The van der Waals surface area contributed by atoms with Crippen LogP contribution in [0.25, 0.3) is 16.1 Å². The van der Waals surface area contributed by atoms with Gasteiger partial charge in [0.2, 0.25) is 0 Å². The van der Waals surface area contributed by atoms with Gasteiger partial charge < -0.3 is 0 Å². The minimum absolute atomic E-state index is 0.00935. The van der Waals surface area contributed by atoms with Gasteiger partial charge in [-0.1, -0.05) is 0 Å². The largest absolute Gasteiger partial charge is 0.398 e. The number of fused-ring (bicyclic) bond motifs is 1. The minimum Gasteiger partial charge on any atom is -0.300 e. The van der Waals surface area contributed by atoms with Crippen LogP contribution in [0, 0.1) is 6.57 Å². The molecule has 2 aromatic rings. The lowest BCUT2D eigenvalue weighted by atomic mass is 10.5. The Labute approximate surface area is 74.6 Å². The fourth-order valence-electron chi connectivity index (χ4n) is 1.09. The zero-order valence-corrected chi connectivity index (χ0v) is 6.62. The molecule has 0 saturated heterocycles. The summed E-state index contributed by atoms with van der Waals surface area (Å²) in [5, 5.41) is 0. The van der Waals surface area contributed by atoms with Crippen molar-refractivity contribution in [3.05, 3.63) is 42.8 Å². The molecule has 0 radical (unpaired) electrons. The van der Waals surface area contributed by atoms with Crippen molar-refractivity contribution in [1.82, 2.24) is 19.6 Å². The molecule has 2 rings (SSSR count). The smallest absolute Gasteiger partial charge is 0.300 e. The molecule has 0 spiro atoms. The van der Waals surface area contributed by atoms with Gasteiger partial charge in [-0.05, 0) is 0 Å². The van der Waals surface area contributed by atoms with Gasteiger partial charge in [0.15, 0.2) is 5.52 Å². The normalized spacial score (nSPS) is 10.2. The Bertz CT molecular complexity index is 706. The molecule has 0 amide bonds. The zero-order valence-electron chi connectivity index (χ0n) is 6.62. The van der Waals surface area contributed by atoms with Crippen molar-refractivity contribution in [2.45, 2.75) is 0 Å². The van der Waals surface area contributed by atoms with Crippen LogP contribution in [0.3, 0.4) is 0 Å². The molecular weight excluding hydrogens is 190 g/mol. The van der Waals surface area contributed by atoms with Gasteiger partial charge >= 0.3 is 16.9 Å². The van der Waals surface area contributed by atoms with Gasteiger partial charge in [0.1, 0.15) is 5.65 Å². The average Bonchev–Trinajstić information content (AvgIpc) is 2.47. The van der Waals surface area contributed by atoms with Crippen molar-refractivity contribution in [3.8, 4) is 0 Å². The van der Waals surface area contributed by atoms with Gasteiger partial charge in [-0.3, -0.25) is 19.7 Å². The van der Waals surface area contributed by atoms with Crippen molar-refractivity contribution in [1.29, 1.82) is 0 Å². The number of hydrogen-bond acceptors (Lipinski definition) is 3. The first-order chi connectivity index (χ1) is 6.63. The average molecular weight is 193 g/mol. The minimum atomic E-state index is -0.882. The highest BCUT2D eigenvalue weighted by Gasteiger charge is 2.12. The van der Waals surface area contributed by atoms with E-state index in [9.17, 15) is 14.4 Å². The molecule has 0 aromatic carbocycles. The maximum Gasteiger partial charge on any atom is 0.398 e. The van der Waals surface area contributed by atoms with Crippen LogP contribution >= 0.6 is 0 Å². The van der Waals surface area contributed by atoms with E-state index in [1.807, 2.05) is 0 Å². The van der Waals surface area contributed by atoms with Crippen LogP contribution in [0.15, 0.2) is 14.4 Å². The van der Waals surface area contributed by atoms with E-state index in [0.717, 1.165) is 0 Å². The summed E-state index contributed by atoms with van der Waals surface area (Å²) in [6.45, 7) is 6.57. The van der Waals surface area contributed by atoms with Crippen LogP contribution in [-0.4, -0.2) is 19.6 Å². The molecule has 0 aliphatic carbocycles. The van der Waals surface area contributed by atoms with Gasteiger partial charge in [-0.25, -0.2) is 9.59 Å².